The standard InChI is InChI=1S/C15H24N2O3/c1-11(10-17-8-4-5-9-17)16-14(18)12-6-2-3-7-13(12)15(19)20/h2-3,11-13H,4-10H2,1H3,(H,16,18)(H,19,20)/t11?,12-,13+/m1/s1. The van der Waals surface area contributed by atoms with Crippen LogP contribution in [0, 0.1) is 11.8 Å². The fourth-order valence-corrected chi connectivity index (χ4v) is 3.12. The minimum absolute atomic E-state index is 0.0703. The monoisotopic (exact) mass is 280 g/mol. The van der Waals surface area contributed by atoms with Gasteiger partial charge < -0.3 is 15.3 Å². The highest BCUT2D eigenvalue weighted by atomic mass is 16.4. The maximum Gasteiger partial charge on any atom is 0.307 e. The van der Waals surface area contributed by atoms with Crippen LogP contribution in [-0.4, -0.2) is 47.6 Å². The summed E-state index contributed by atoms with van der Waals surface area (Å²) in [5, 5.41) is 12.2. The molecule has 112 valence electrons. The van der Waals surface area contributed by atoms with Crippen LogP contribution in [0.3, 0.4) is 0 Å². The number of carboxylic acid groups (broad SMARTS) is 1. The van der Waals surface area contributed by atoms with Crippen LogP contribution in [-0.2, 0) is 9.59 Å². The molecule has 0 aromatic carbocycles. The van der Waals surface area contributed by atoms with Gasteiger partial charge in [0.1, 0.15) is 0 Å². The van der Waals surface area contributed by atoms with Gasteiger partial charge in [-0.1, -0.05) is 12.2 Å². The Bertz CT molecular complexity index is 389. The van der Waals surface area contributed by atoms with Crippen LogP contribution in [0.4, 0.5) is 0 Å². The van der Waals surface area contributed by atoms with E-state index in [0.29, 0.717) is 12.8 Å². The van der Waals surface area contributed by atoms with Crippen molar-refractivity contribution in [3.63, 3.8) is 0 Å². The average molecular weight is 280 g/mol. The molecule has 0 bridgehead atoms. The van der Waals surface area contributed by atoms with Crippen molar-refractivity contribution in [1.82, 2.24) is 10.2 Å². The minimum atomic E-state index is -0.873. The summed E-state index contributed by atoms with van der Waals surface area (Å²) in [6.07, 6.45) is 7.21. The maximum absolute atomic E-state index is 12.3. The summed E-state index contributed by atoms with van der Waals surface area (Å²) in [4.78, 5) is 25.8. The lowest BCUT2D eigenvalue weighted by Crippen LogP contribution is -2.46. The van der Waals surface area contributed by atoms with Crippen LogP contribution in [0.2, 0.25) is 0 Å². The largest absolute Gasteiger partial charge is 0.481 e. The molecule has 2 aliphatic rings. The van der Waals surface area contributed by atoms with Crippen molar-refractivity contribution < 1.29 is 14.7 Å². The van der Waals surface area contributed by atoms with E-state index in [0.717, 1.165) is 19.6 Å². The van der Waals surface area contributed by atoms with Crippen molar-refractivity contribution in [2.24, 2.45) is 11.8 Å². The molecule has 0 saturated carbocycles. The van der Waals surface area contributed by atoms with Gasteiger partial charge in [-0.2, -0.15) is 0 Å². The Morgan fingerprint density at radius 3 is 2.45 bits per heavy atom. The molecule has 0 spiro atoms. The Kier molecular flexibility index (Phi) is 5.17. The fraction of sp³-hybridized carbons (Fsp3) is 0.733. The highest BCUT2D eigenvalue weighted by Gasteiger charge is 2.34. The van der Waals surface area contributed by atoms with E-state index in [1.54, 1.807) is 0 Å². The van der Waals surface area contributed by atoms with Crippen molar-refractivity contribution >= 4 is 11.9 Å². The number of carboxylic acids is 1. The molecule has 20 heavy (non-hydrogen) atoms. The average Bonchev–Trinajstić information content (AvgIpc) is 2.91. The van der Waals surface area contributed by atoms with Gasteiger partial charge in [0.15, 0.2) is 0 Å². The molecule has 1 aliphatic carbocycles. The lowest BCUT2D eigenvalue weighted by molar-refractivity contribution is -0.147. The number of carbonyl (C=O) groups excluding carboxylic acids is 1. The molecule has 1 amide bonds. The lowest BCUT2D eigenvalue weighted by atomic mass is 9.82. The summed E-state index contributed by atoms with van der Waals surface area (Å²) in [6, 6.07) is 0.0703. The number of allylic oxidation sites excluding steroid dienone is 2. The van der Waals surface area contributed by atoms with E-state index in [1.165, 1.54) is 12.8 Å². The van der Waals surface area contributed by atoms with Crippen LogP contribution in [0.25, 0.3) is 0 Å². The van der Waals surface area contributed by atoms with E-state index in [1.807, 2.05) is 19.1 Å². The fourth-order valence-electron chi connectivity index (χ4n) is 3.12. The molecule has 3 atom stereocenters. The van der Waals surface area contributed by atoms with E-state index < -0.39 is 17.8 Å². The van der Waals surface area contributed by atoms with Gasteiger partial charge in [-0.3, -0.25) is 9.59 Å². The molecule has 0 aromatic rings. The second-order valence-corrected chi connectivity index (χ2v) is 5.91. The van der Waals surface area contributed by atoms with E-state index in [9.17, 15) is 14.7 Å². The van der Waals surface area contributed by atoms with Crippen LogP contribution in [0.15, 0.2) is 12.2 Å². The highest BCUT2D eigenvalue weighted by molar-refractivity contribution is 5.85. The van der Waals surface area contributed by atoms with Gasteiger partial charge in [0.05, 0.1) is 11.8 Å². The molecule has 0 radical (unpaired) electrons. The van der Waals surface area contributed by atoms with Crippen molar-refractivity contribution in [1.29, 1.82) is 0 Å². The molecule has 2 rings (SSSR count). The molecule has 1 unspecified atom stereocenters. The number of hydrogen-bond acceptors (Lipinski definition) is 3. The number of likely N-dealkylation sites (tertiary alicyclic amines) is 1. The molecule has 0 aromatic heterocycles. The van der Waals surface area contributed by atoms with E-state index in [-0.39, 0.29) is 11.9 Å². The van der Waals surface area contributed by atoms with Gasteiger partial charge in [0.2, 0.25) is 5.91 Å². The zero-order chi connectivity index (χ0) is 14.5. The minimum Gasteiger partial charge on any atom is -0.481 e. The molecular weight excluding hydrogens is 256 g/mol. The molecule has 5 heteroatoms. The first kappa shape index (κ1) is 15.0. The topological polar surface area (TPSA) is 69.6 Å². The Morgan fingerprint density at radius 2 is 1.85 bits per heavy atom. The second kappa shape index (κ2) is 6.88. The predicted molar refractivity (Wildman–Crippen MR) is 76.3 cm³/mol. The first-order valence-electron chi connectivity index (χ1n) is 7.48. The molecule has 5 nitrogen and oxygen atoms in total. The van der Waals surface area contributed by atoms with Gasteiger partial charge in [-0.05, 0) is 45.7 Å². The number of carbonyl (C=O) groups is 2. The SMILES string of the molecule is CC(CN1CCCC1)NC(=O)[C@@H]1CC=CC[C@@H]1C(=O)O. The van der Waals surface area contributed by atoms with E-state index >= 15 is 0 Å². The number of hydrogen-bond donors (Lipinski definition) is 2. The number of amides is 1. The second-order valence-electron chi connectivity index (χ2n) is 5.91. The predicted octanol–water partition coefficient (Wildman–Crippen LogP) is 1.25. The van der Waals surface area contributed by atoms with Crippen molar-refractivity contribution in [3.05, 3.63) is 12.2 Å². The highest BCUT2D eigenvalue weighted by Crippen LogP contribution is 2.26. The third kappa shape index (κ3) is 3.82. The summed E-state index contributed by atoms with van der Waals surface area (Å²) in [7, 11) is 0. The summed E-state index contributed by atoms with van der Waals surface area (Å²) >= 11 is 0. The first-order chi connectivity index (χ1) is 9.58. The van der Waals surface area contributed by atoms with E-state index in [4.69, 9.17) is 0 Å². The number of nitrogens with one attached hydrogen (secondary N) is 1. The molecular formula is C15H24N2O3. The van der Waals surface area contributed by atoms with Gasteiger partial charge in [0, 0.05) is 12.6 Å². The van der Waals surface area contributed by atoms with Gasteiger partial charge in [-0.15, -0.1) is 0 Å². The quantitative estimate of drug-likeness (QED) is 0.744. The van der Waals surface area contributed by atoms with Crippen molar-refractivity contribution in [3.8, 4) is 0 Å². The molecule has 1 fully saturated rings. The zero-order valence-electron chi connectivity index (χ0n) is 12.0. The normalized spacial score (nSPS) is 28.2. The Balaban J connectivity index is 1.86. The van der Waals surface area contributed by atoms with Gasteiger partial charge in [-0.25, -0.2) is 0 Å². The van der Waals surface area contributed by atoms with Crippen molar-refractivity contribution in [2.45, 2.75) is 38.6 Å². The molecule has 1 heterocycles. The summed E-state index contributed by atoms with van der Waals surface area (Å²) in [6.45, 7) is 5.05. The zero-order valence-corrected chi connectivity index (χ0v) is 12.0. The molecule has 1 aliphatic heterocycles. The summed E-state index contributed by atoms with van der Waals surface area (Å²) in [5.74, 6) is -2.01. The van der Waals surface area contributed by atoms with Crippen LogP contribution in [0.5, 0.6) is 0 Å². The van der Waals surface area contributed by atoms with Crippen LogP contribution < -0.4 is 5.32 Å². The number of rotatable bonds is 5. The Labute approximate surface area is 120 Å². The maximum atomic E-state index is 12.3. The molecule has 2 N–H and O–H groups in total. The third-order valence-electron chi connectivity index (χ3n) is 4.21. The van der Waals surface area contributed by atoms with Crippen LogP contribution >= 0.6 is 0 Å². The number of nitrogens with zero attached hydrogens (tertiary/aromatic N) is 1. The Morgan fingerprint density at radius 1 is 1.25 bits per heavy atom. The summed E-state index contributed by atoms with van der Waals surface area (Å²) < 4.78 is 0. The smallest absolute Gasteiger partial charge is 0.307 e. The third-order valence-corrected chi connectivity index (χ3v) is 4.21. The van der Waals surface area contributed by atoms with Crippen LogP contribution in [0.1, 0.15) is 32.6 Å². The first-order valence-corrected chi connectivity index (χ1v) is 7.48. The number of aliphatic carboxylic acids is 1. The lowest BCUT2D eigenvalue weighted by Gasteiger charge is -2.27. The molecule has 1 saturated heterocycles. The van der Waals surface area contributed by atoms with Crippen molar-refractivity contribution in [2.75, 3.05) is 19.6 Å². The van der Waals surface area contributed by atoms with E-state index in [2.05, 4.69) is 10.2 Å². The Hall–Kier alpha value is -1.36. The van der Waals surface area contributed by atoms with Gasteiger partial charge >= 0.3 is 5.97 Å². The summed E-state index contributed by atoms with van der Waals surface area (Å²) in [5.41, 5.74) is 0. The van der Waals surface area contributed by atoms with Gasteiger partial charge in [0.25, 0.3) is 0 Å².